The van der Waals surface area contributed by atoms with Crippen LogP contribution in [-0.4, -0.2) is 39.0 Å². The molecule has 0 spiro atoms. The average molecular weight is 511 g/mol. The van der Waals surface area contributed by atoms with E-state index in [0.29, 0.717) is 32.9 Å². The number of nitrogens with one attached hydrogen (secondary N) is 2. The third kappa shape index (κ3) is 4.75. The highest BCUT2D eigenvalue weighted by molar-refractivity contribution is 7.99. The largest absolute Gasteiger partial charge is 0.454 e. The van der Waals surface area contributed by atoms with Crippen LogP contribution >= 0.6 is 23.1 Å². The van der Waals surface area contributed by atoms with E-state index in [9.17, 15) is 10.1 Å². The van der Waals surface area contributed by atoms with Gasteiger partial charge in [-0.15, -0.1) is 21.5 Å². The van der Waals surface area contributed by atoms with Crippen molar-refractivity contribution in [3.8, 4) is 17.6 Å². The van der Waals surface area contributed by atoms with E-state index in [0.717, 1.165) is 48.6 Å². The standard InChI is InChI=1S/C22H22N8O3S2/c1-12(13-6-7-16-17(8-13)33-11-32-16)26-27-21-28-29-22(30(21)24)34-10-19(31)25-20-15(9-23)14-4-2-3-5-18(14)35-20/h6-8H,2-5,10-11,24H2,1H3,(H,25,31)(H,27,28)/b26-12+. The lowest BCUT2D eigenvalue weighted by atomic mass is 9.96. The Kier molecular flexibility index (Phi) is 6.47. The van der Waals surface area contributed by atoms with Crippen molar-refractivity contribution in [2.24, 2.45) is 5.10 Å². The number of ether oxygens (including phenoxy) is 2. The van der Waals surface area contributed by atoms with E-state index in [1.807, 2.05) is 25.1 Å². The predicted octanol–water partition coefficient (Wildman–Crippen LogP) is 3.10. The van der Waals surface area contributed by atoms with Crippen LogP contribution in [0.15, 0.2) is 28.5 Å². The molecule has 2 aromatic heterocycles. The van der Waals surface area contributed by atoms with Gasteiger partial charge in [-0.25, -0.2) is 10.1 Å². The number of rotatable bonds is 7. The number of nitrogens with zero attached hydrogens (tertiary/aromatic N) is 5. The van der Waals surface area contributed by atoms with E-state index < -0.39 is 0 Å². The third-order valence-corrected chi connectivity index (χ3v) is 7.80. The van der Waals surface area contributed by atoms with E-state index in [1.54, 1.807) is 0 Å². The van der Waals surface area contributed by atoms with Gasteiger partial charge in [0.05, 0.1) is 17.0 Å². The second-order valence-electron chi connectivity index (χ2n) is 7.92. The molecule has 0 radical (unpaired) electrons. The number of hydrogen-bond donors (Lipinski definition) is 3. The number of anilines is 2. The Labute approximate surface area is 209 Å². The summed E-state index contributed by atoms with van der Waals surface area (Å²) >= 11 is 2.64. The molecule has 1 aliphatic heterocycles. The van der Waals surface area contributed by atoms with Gasteiger partial charge in [0.1, 0.15) is 11.1 Å². The van der Waals surface area contributed by atoms with Crippen LogP contribution < -0.4 is 26.1 Å². The molecule has 5 rings (SSSR count). The smallest absolute Gasteiger partial charge is 0.264 e. The van der Waals surface area contributed by atoms with Crippen LogP contribution in [0.2, 0.25) is 0 Å². The summed E-state index contributed by atoms with van der Waals surface area (Å²) in [6.45, 7) is 2.04. The van der Waals surface area contributed by atoms with Gasteiger partial charge in [0.2, 0.25) is 17.9 Å². The number of aryl methyl sites for hydroxylation is 1. The highest BCUT2D eigenvalue weighted by atomic mass is 32.2. The number of carbonyl (C=O) groups excluding carboxylic acids is 1. The molecule has 2 aliphatic rings. The quantitative estimate of drug-likeness (QED) is 0.188. The summed E-state index contributed by atoms with van der Waals surface area (Å²) in [6.07, 6.45) is 4.04. The average Bonchev–Trinajstić information content (AvgIpc) is 3.57. The summed E-state index contributed by atoms with van der Waals surface area (Å²) in [5, 5.41) is 25.8. The zero-order valence-electron chi connectivity index (χ0n) is 18.8. The zero-order valence-corrected chi connectivity index (χ0v) is 20.5. The van der Waals surface area contributed by atoms with E-state index in [2.05, 4.69) is 32.1 Å². The summed E-state index contributed by atoms with van der Waals surface area (Å²) in [7, 11) is 0. The molecule has 0 saturated heterocycles. The topological polar surface area (TPSA) is 152 Å². The number of hydrogen-bond acceptors (Lipinski definition) is 11. The van der Waals surface area contributed by atoms with Crippen molar-refractivity contribution in [2.75, 3.05) is 29.1 Å². The highest BCUT2D eigenvalue weighted by Gasteiger charge is 2.22. The van der Waals surface area contributed by atoms with Crippen molar-refractivity contribution in [3.63, 3.8) is 0 Å². The fourth-order valence-corrected chi connectivity index (χ4v) is 5.75. The maximum Gasteiger partial charge on any atom is 0.264 e. The Morgan fingerprint density at radius 2 is 2.14 bits per heavy atom. The minimum atomic E-state index is -0.237. The highest BCUT2D eigenvalue weighted by Crippen LogP contribution is 2.37. The Balaban J connectivity index is 1.19. The van der Waals surface area contributed by atoms with Crippen LogP contribution in [0.1, 0.15) is 41.3 Å². The summed E-state index contributed by atoms with van der Waals surface area (Å²) in [6, 6.07) is 7.80. The Morgan fingerprint density at radius 3 is 3.00 bits per heavy atom. The van der Waals surface area contributed by atoms with Crippen molar-refractivity contribution in [1.82, 2.24) is 14.9 Å². The van der Waals surface area contributed by atoms with Crippen LogP contribution in [0.4, 0.5) is 10.9 Å². The second-order valence-corrected chi connectivity index (χ2v) is 9.96. The summed E-state index contributed by atoms with van der Waals surface area (Å²) in [5.74, 6) is 7.51. The number of nitrogens with two attached hydrogens (primary N) is 1. The molecule has 35 heavy (non-hydrogen) atoms. The Bertz CT molecular complexity index is 1360. The molecule has 180 valence electrons. The maximum absolute atomic E-state index is 12.5. The summed E-state index contributed by atoms with van der Waals surface area (Å²) in [5.41, 5.74) is 6.01. The number of amides is 1. The van der Waals surface area contributed by atoms with Crippen molar-refractivity contribution in [3.05, 3.63) is 39.8 Å². The number of benzene rings is 1. The van der Waals surface area contributed by atoms with Gasteiger partial charge in [0.25, 0.3) is 5.95 Å². The normalized spacial score (nSPS) is 14.3. The minimum absolute atomic E-state index is 0.0717. The maximum atomic E-state index is 12.5. The zero-order chi connectivity index (χ0) is 24.4. The van der Waals surface area contributed by atoms with Gasteiger partial charge in [-0.1, -0.05) is 11.8 Å². The molecule has 0 fully saturated rings. The predicted molar refractivity (Wildman–Crippen MR) is 134 cm³/mol. The lowest BCUT2D eigenvalue weighted by Crippen LogP contribution is -2.17. The van der Waals surface area contributed by atoms with Gasteiger partial charge in [-0.2, -0.15) is 10.4 Å². The van der Waals surface area contributed by atoms with Crippen molar-refractivity contribution in [1.29, 1.82) is 5.26 Å². The van der Waals surface area contributed by atoms with Crippen LogP contribution in [0, 0.1) is 11.3 Å². The monoisotopic (exact) mass is 510 g/mol. The SMILES string of the molecule is C/C(=N\Nc1nnc(SCC(=O)Nc2sc3c(c2C#N)CCCC3)n1N)c1ccc2c(c1)OCO2. The molecule has 0 atom stereocenters. The molecule has 1 aromatic carbocycles. The van der Waals surface area contributed by atoms with Gasteiger partial charge in [-0.05, 0) is 56.4 Å². The first-order valence-corrected chi connectivity index (χ1v) is 12.7. The van der Waals surface area contributed by atoms with Crippen LogP contribution in [0.3, 0.4) is 0 Å². The van der Waals surface area contributed by atoms with Crippen LogP contribution in [-0.2, 0) is 17.6 Å². The summed E-state index contributed by atoms with van der Waals surface area (Å²) in [4.78, 5) is 13.7. The van der Waals surface area contributed by atoms with E-state index in [-0.39, 0.29) is 24.4 Å². The fraction of sp³-hybridized carbons (Fsp3) is 0.318. The van der Waals surface area contributed by atoms with Gasteiger partial charge >= 0.3 is 0 Å². The molecule has 1 amide bonds. The third-order valence-electron chi connectivity index (χ3n) is 5.65. The molecule has 4 N–H and O–H groups in total. The van der Waals surface area contributed by atoms with E-state index in [1.165, 1.54) is 20.9 Å². The first kappa shape index (κ1) is 23.0. The van der Waals surface area contributed by atoms with Gasteiger partial charge in [0.15, 0.2) is 11.5 Å². The number of aromatic nitrogens is 3. The van der Waals surface area contributed by atoms with Crippen molar-refractivity contribution < 1.29 is 14.3 Å². The molecule has 0 bridgehead atoms. The minimum Gasteiger partial charge on any atom is -0.454 e. The van der Waals surface area contributed by atoms with Crippen molar-refractivity contribution in [2.45, 2.75) is 37.8 Å². The molecule has 3 heterocycles. The lowest BCUT2D eigenvalue weighted by Gasteiger charge is -2.09. The molecule has 3 aromatic rings. The first-order valence-electron chi connectivity index (χ1n) is 10.9. The Morgan fingerprint density at radius 1 is 1.31 bits per heavy atom. The molecular weight excluding hydrogens is 488 g/mol. The van der Waals surface area contributed by atoms with E-state index >= 15 is 0 Å². The van der Waals surface area contributed by atoms with Gasteiger partial charge in [-0.3, -0.25) is 4.79 Å². The van der Waals surface area contributed by atoms with Gasteiger partial charge < -0.3 is 20.6 Å². The molecule has 13 heteroatoms. The molecular formula is C22H22N8O3S2. The molecule has 0 unspecified atom stereocenters. The number of hydrazone groups is 1. The molecule has 11 nitrogen and oxygen atoms in total. The van der Waals surface area contributed by atoms with Gasteiger partial charge in [0, 0.05) is 10.4 Å². The first-order chi connectivity index (χ1) is 17.0. The second kappa shape index (κ2) is 9.85. The molecule has 1 aliphatic carbocycles. The van der Waals surface area contributed by atoms with E-state index in [4.69, 9.17) is 15.3 Å². The van der Waals surface area contributed by atoms with Crippen molar-refractivity contribution >= 4 is 45.7 Å². The number of thioether (sulfide) groups is 1. The Hall–Kier alpha value is -3.76. The number of thiophene rings is 1. The summed E-state index contributed by atoms with van der Waals surface area (Å²) < 4.78 is 12.0. The lowest BCUT2D eigenvalue weighted by molar-refractivity contribution is -0.113. The van der Waals surface area contributed by atoms with Crippen LogP contribution in [0.5, 0.6) is 11.5 Å². The number of nitriles is 1. The number of nitrogen functional groups attached to an aromatic ring is 1. The number of fused-ring (bicyclic) bond motifs is 2. The van der Waals surface area contributed by atoms with Crippen LogP contribution in [0.25, 0.3) is 0 Å². The number of carbonyl (C=O) groups is 1. The fourth-order valence-electron chi connectivity index (χ4n) is 3.84. The molecule has 0 saturated carbocycles.